The summed E-state index contributed by atoms with van der Waals surface area (Å²) >= 11 is 0. The fraction of sp³-hybridized carbons (Fsp3) is 0.429. The van der Waals surface area contributed by atoms with E-state index < -0.39 is 6.04 Å². The molecule has 184 valence electrons. The Morgan fingerprint density at radius 2 is 1.91 bits per heavy atom. The number of fused-ring (bicyclic) bond motifs is 2. The lowest BCUT2D eigenvalue weighted by molar-refractivity contribution is 0.0486. The first-order chi connectivity index (χ1) is 17.1. The number of para-hydroxylation sites is 1. The van der Waals surface area contributed by atoms with Crippen LogP contribution in [0.25, 0.3) is 11.0 Å². The summed E-state index contributed by atoms with van der Waals surface area (Å²) in [5.74, 6) is 1.08. The molecule has 1 amide bonds. The van der Waals surface area contributed by atoms with Crippen molar-refractivity contribution in [2.75, 3.05) is 26.4 Å². The topological polar surface area (TPSA) is 78.2 Å². The fourth-order valence-corrected chi connectivity index (χ4v) is 4.92. The van der Waals surface area contributed by atoms with Gasteiger partial charge in [-0.25, -0.2) is 0 Å². The number of carbonyl (C=O) groups is 1. The molecule has 35 heavy (non-hydrogen) atoms. The number of benzene rings is 2. The minimum absolute atomic E-state index is 0.0664. The summed E-state index contributed by atoms with van der Waals surface area (Å²) in [6.07, 6.45) is 3.75. The van der Waals surface area contributed by atoms with Crippen LogP contribution in [0.4, 0.5) is 0 Å². The van der Waals surface area contributed by atoms with Gasteiger partial charge in [-0.2, -0.15) is 0 Å². The number of nitrogens with zero attached hydrogens (tertiary/aromatic N) is 1. The molecule has 2 aromatic carbocycles. The van der Waals surface area contributed by atoms with Crippen LogP contribution in [-0.2, 0) is 4.74 Å². The number of carbonyl (C=O) groups excluding carboxylic acids is 1. The average molecular weight is 478 g/mol. The lowest BCUT2D eigenvalue weighted by atomic mass is 9.97. The van der Waals surface area contributed by atoms with Gasteiger partial charge in [-0.3, -0.25) is 9.59 Å². The predicted molar refractivity (Wildman–Crippen MR) is 132 cm³/mol. The van der Waals surface area contributed by atoms with Crippen molar-refractivity contribution in [2.45, 2.75) is 51.7 Å². The third kappa shape index (κ3) is 4.41. The van der Waals surface area contributed by atoms with Crippen LogP contribution < -0.4 is 14.9 Å². The van der Waals surface area contributed by atoms with E-state index >= 15 is 0 Å². The van der Waals surface area contributed by atoms with Gasteiger partial charge in [0.15, 0.2) is 16.9 Å². The first-order valence-corrected chi connectivity index (χ1v) is 12.5. The van der Waals surface area contributed by atoms with Gasteiger partial charge in [-0.15, -0.1) is 0 Å². The van der Waals surface area contributed by atoms with Crippen LogP contribution >= 0.6 is 0 Å². The molecule has 1 aromatic heterocycles. The highest BCUT2D eigenvalue weighted by Gasteiger charge is 2.44. The van der Waals surface area contributed by atoms with Crippen LogP contribution in [-0.4, -0.2) is 43.3 Å². The lowest BCUT2D eigenvalue weighted by Crippen LogP contribution is -2.36. The van der Waals surface area contributed by atoms with Gasteiger partial charge in [-0.1, -0.05) is 31.5 Å². The Morgan fingerprint density at radius 3 is 2.69 bits per heavy atom. The van der Waals surface area contributed by atoms with Gasteiger partial charge in [-0.05, 0) is 56.0 Å². The van der Waals surface area contributed by atoms with E-state index in [1.54, 1.807) is 29.2 Å². The molecule has 3 heterocycles. The molecular weight excluding hydrogens is 446 g/mol. The van der Waals surface area contributed by atoms with Crippen LogP contribution in [0.2, 0.25) is 0 Å². The monoisotopic (exact) mass is 477 g/mol. The molecule has 3 aromatic rings. The maximum absolute atomic E-state index is 13.7. The number of rotatable bonds is 9. The number of hydrogen-bond donors (Lipinski definition) is 0. The maximum Gasteiger partial charge on any atom is 0.291 e. The SMILES string of the molecule is CCCCOc1ccc([C@H]2c3c(oc4ccccc4c3=O)C(=O)N2C[C@@H]2CCCO2)cc1OCC. The highest BCUT2D eigenvalue weighted by atomic mass is 16.5. The van der Waals surface area contributed by atoms with E-state index in [1.165, 1.54) is 0 Å². The smallest absolute Gasteiger partial charge is 0.291 e. The van der Waals surface area contributed by atoms with Crippen molar-refractivity contribution in [2.24, 2.45) is 0 Å². The van der Waals surface area contributed by atoms with Crippen LogP contribution in [0.5, 0.6) is 11.5 Å². The first kappa shape index (κ1) is 23.4. The second kappa shape index (κ2) is 10.1. The molecular formula is C28H31NO6. The van der Waals surface area contributed by atoms with E-state index in [0.29, 0.717) is 54.4 Å². The van der Waals surface area contributed by atoms with Gasteiger partial charge in [0.1, 0.15) is 5.58 Å². The van der Waals surface area contributed by atoms with Gasteiger partial charge >= 0.3 is 0 Å². The quantitative estimate of drug-likeness (QED) is 0.399. The molecule has 7 heteroatoms. The third-order valence-electron chi connectivity index (χ3n) is 6.64. The van der Waals surface area contributed by atoms with Crippen molar-refractivity contribution in [1.82, 2.24) is 4.90 Å². The van der Waals surface area contributed by atoms with Crippen molar-refractivity contribution in [1.29, 1.82) is 0 Å². The molecule has 0 N–H and O–H groups in total. The standard InChI is InChI=1S/C28H31NO6/c1-3-5-14-34-22-13-12-18(16-23(22)32-4-2)25-24-26(30)20-10-6-7-11-21(20)35-27(24)28(31)29(25)17-19-9-8-15-33-19/h6-7,10-13,16,19,25H,3-5,8-9,14-15,17H2,1-2H3/t19-,25-/m0/s1. The number of hydrogen-bond acceptors (Lipinski definition) is 6. The minimum Gasteiger partial charge on any atom is -0.490 e. The Balaban J connectivity index is 1.62. The van der Waals surface area contributed by atoms with Crippen LogP contribution in [0.3, 0.4) is 0 Å². The normalized spacial score (nSPS) is 19.4. The molecule has 1 fully saturated rings. The Hall–Kier alpha value is -3.32. The van der Waals surface area contributed by atoms with Crippen molar-refractivity contribution < 1.29 is 23.4 Å². The molecule has 2 atom stereocenters. The Morgan fingerprint density at radius 1 is 1.06 bits per heavy atom. The predicted octanol–water partition coefficient (Wildman–Crippen LogP) is 5.09. The van der Waals surface area contributed by atoms with Gasteiger partial charge in [0, 0.05) is 13.2 Å². The zero-order valence-corrected chi connectivity index (χ0v) is 20.2. The molecule has 0 radical (unpaired) electrons. The van der Waals surface area contributed by atoms with E-state index in [2.05, 4.69) is 6.92 Å². The second-order valence-corrected chi connectivity index (χ2v) is 9.01. The number of ether oxygens (including phenoxy) is 3. The van der Waals surface area contributed by atoms with E-state index in [9.17, 15) is 9.59 Å². The zero-order chi connectivity index (χ0) is 24.4. The molecule has 0 bridgehead atoms. The van der Waals surface area contributed by atoms with Gasteiger partial charge in [0.05, 0.1) is 36.3 Å². The van der Waals surface area contributed by atoms with Crippen molar-refractivity contribution in [3.63, 3.8) is 0 Å². The van der Waals surface area contributed by atoms with Gasteiger partial charge < -0.3 is 23.5 Å². The summed E-state index contributed by atoms with van der Waals surface area (Å²) in [5.41, 5.74) is 1.38. The third-order valence-corrected chi connectivity index (χ3v) is 6.64. The maximum atomic E-state index is 13.7. The first-order valence-electron chi connectivity index (χ1n) is 12.5. The lowest BCUT2D eigenvalue weighted by Gasteiger charge is -2.28. The summed E-state index contributed by atoms with van der Waals surface area (Å²) in [6, 6.07) is 12.1. The highest BCUT2D eigenvalue weighted by molar-refractivity contribution is 5.99. The summed E-state index contributed by atoms with van der Waals surface area (Å²) in [7, 11) is 0. The molecule has 2 aliphatic heterocycles. The van der Waals surface area contributed by atoms with E-state index in [4.69, 9.17) is 18.6 Å². The summed E-state index contributed by atoms with van der Waals surface area (Å²) in [5, 5.41) is 0.465. The Bertz CT molecular complexity index is 1280. The molecule has 0 spiro atoms. The Labute approximate surface area is 204 Å². The number of unbranched alkanes of at least 4 members (excludes halogenated alkanes) is 1. The minimum atomic E-state index is -0.591. The molecule has 0 aliphatic carbocycles. The van der Waals surface area contributed by atoms with E-state index in [0.717, 1.165) is 31.2 Å². The van der Waals surface area contributed by atoms with Gasteiger partial charge in [0.25, 0.3) is 5.91 Å². The molecule has 5 rings (SSSR count). The van der Waals surface area contributed by atoms with Crippen molar-refractivity contribution in [3.05, 3.63) is 69.6 Å². The van der Waals surface area contributed by atoms with Crippen molar-refractivity contribution in [3.8, 4) is 11.5 Å². The molecule has 0 unspecified atom stereocenters. The zero-order valence-electron chi connectivity index (χ0n) is 20.2. The van der Waals surface area contributed by atoms with Crippen LogP contribution in [0.1, 0.15) is 67.3 Å². The second-order valence-electron chi connectivity index (χ2n) is 9.01. The van der Waals surface area contributed by atoms with Crippen LogP contribution in [0.15, 0.2) is 51.7 Å². The fourth-order valence-electron chi connectivity index (χ4n) is 4.92. The molecule has 0 saturated carbocycles. The number of amides is 1. The van der Waals surface area contributed by atoms with Gasteiger partial charge in [0.2, 0.25) is 5.76 Å². The molecule has 7 nitrogen and oxygen atoms in total. The molecule has 2 aliphatic rings. The highest BCUT2D eigenvalue weighted by Crippen LogP contribution is 2.41. The molecule has 1 saturated heterocycles. The Kier molecular flexibility index (Phi) is 6.77. The van der Waals surface area contributed by atoms with E-state index in [-0.39, 0.29) is 23.2 Å². The largest absolute Gasteiger partial charge is 0.490 e. The van der Waals surface area contributed by atoms with Crippen LogP contribution in [0, 0.1) is 0 Å². The summed E-state index contributed by atoms with van der Waals surface area (Å²) < 4.78 is 23.7. The summed E-state index contributed by atoms with van der Waals surface area (Å²) in [6.45, 7) is 6.18. The average Bonchev–Trinajstić information content (AvgIpc) is 3.48. The summed E-state index contributed by atoms with van der Waals surface area (Å²) in [4.78, 5) is 29.0. The van der Waals surface area contributed by atoms with E-state index in [1.807, 2.05) is 25.1 Å². The van der Waals surface area contributed by atoms with Crippen molar-refractivity contribution >= 4 is 16.9 Å².